The minimum absolute atomic E-state index is 0.153. The number of nitrogens with one attached hydrogen (secondary N) is 1. The number of ether oxygens (including phenoxy) is 1. The number of carbonyl (C=O) groups is 1. The second-order valence-electron chi connectivity index (χ2n) is 6.59. The Labute approximate surface area is 179 Å². The quantitative estimate of drug-likeness (QED) is 0.538. The Hall–Kier alpha value is -2.95. The Bertz CT molecular complexity index is 1100. The van der Waals surface area contributed by atoms with Crippen molar-refractivity contribution in [3.8, 4) is 5.75 Å². The summed E-state index contributed by atoms with van der Waals surface area (Å²) >= 11 is 12.3. The largest absolute Gasteiger partial charge is 0.497 e. The fourth-order valence-corrected chi connectivity index (χ4v) is 3.73. The van der Waals surface area contributed by atoms with E-state index in [0.717, 1.165) is 22.7 Å². The molecule has 3 aromatic carbocycles. The molecule has 0 fully saturated rings. The van der Waals surface area contributed by atoms with Gasteiger partial charge in [-0.25, -0.2) is 0 Å². The molecule has 0 saturated heterocycles. The first-order valence-electron chi connectivity index (χ1n) is 9.02. The molecule has 0 saturated carbocycles. The van der Waals surface area contributed by atoms with Crippen molar-refractivity contribution in [2.45, 2.75) is 6.04 Å². The van der Waals surface area contributed by atoms with Gasteiger partial charge in [0.25, 0.3) is 5.91 Å². The summed E-state index contributed by atoms with van der Waals surface area (Å²) in [6, 6.07) is 21.9. The molecule has 1 heterocycles. The summed E-state index contributed by atoms with van der Waals surface area (Å²) in [4.78, 5) is 15.0. The maximum atomic E-state index is 13.3. The zero-order chi connectivity index (χ0) is 20.4. The van der Waals surface area contributed by atoms with E-state index in [9.17, 15) is 4.79 Å². The van der Waals surface area contributed by atoms with Crippen molar-refractivity contribution in [3.05, 3.63) is 100 Å². The summed E-state index contributed by atoms with van der Waals surface area (Å²) in [5.41, 5.74) is 2.87. The van der Waals surface area contributed by atoms with Gasteiger partial charge in [-0.2, -0.15) is 0 Å². The van der Waals surface area contributed by atoms with Gasteiger partial charge in [0, 0.05) is 21.4 Å². The Morgan fingerprint density at radius 3 is 2.38 bits per heavy atom. The van der Waals surface area contributed by atoms with Gasteiger partial charge in [0.2, 0.25) is 0 Å². The molecule has 4 rings (SSSR count). The van der Waals surface area contributed by atoms with E-state index in [2.05, 4.69) is 5.32 Å². The van der Waals surface area contributed by atoms with Crippen LogP contribution in [0.5, 0.6) is 5.75 Å². The SMILES string of the molecule is COc1cccc([C@H]2C=C(Nc3cccc(Cl)c3)C(=O)N2c2cccc(Cl)c2)c1. The van der Waals surface area contributed by atoms with Crippen molar-refractivity contribution in [3.63, 3.8) is 0 Å². The van der Waals surface area contributed by atoms with Crippen LogP contribution in [0.3, 0.4) is 0 Å². The van der Waals surface area contributed by atoms with Crippen molar-refractivity contribution in [2.24, 2.45) is 0 Å². The highest BCUT2D eigenvalue weighted by atomic mass is 35.5. The summed E-state index contributed by atoms with van der Waals surface area (Å²) in [5, 5.41) is 4.36. The zero-order valence-corrected chi connectivity index (χ0v) is 17.1. The standard InChI is InChI=1S/C23H18Cl2N2O2/c1-29-20-10-2-5-15(11-20)22-14-21(26-18-8-3-6-16(24)12-18)23(28)27(22)19-9-4-7-17(25)13-19/h2-14,22,26H,1H3/t22-/m1/s1. The van der Waals surface area contributed by atoms with E-state index >= 15 is 0 Å². The zero-order valence-electron chi connectivity index (χ0n) is 15.6. The molecule has 0 aliphatic carbocycles. The first-order chi connectivity index (χ1) is 14.0. The lowest BCUT2D eigenvalue weighted by Gasteiger charge is -2.25. The molecule has 0 bridgehead atoms. The molecular formula is C23H18Cl2N2O2. The minimum atomic E-state index is -0.308. The van der Waals surface area contributed by atoms with E-state index in [4.69, 9.17) is 27.9 Å². The van der Waals surface area contributed by atoms with E-state index in [1.165, 1.54) is 0 Å². The summed E-state index contributed by atoms with van der Waals surface area (Å²) in [7, 11) is 1.62. The monoisotopic (exact) mass is 424 g/mol. The Balaban J connectivity index is 1.76. The number of benzene rings is 3. The molecule has 3 aromatic rings. The molecular weight excluding hydrogens is 407 g/mol. The van der Waals surface area contributed by atoms with E-state index < -0.39 is 0 Å². The van der Waals surface area contributed by atoms with Crippen LogP contribution >= 0.6 is 23.2 Å². The number of rotatable bonds is 5. The molecule has 146 valence electrons. The molecule has 1 N–H and O–H groups in total. The van der Waals surface area contributed by atoms with Crippen LogP contribution < -0.4 is 15.0 Å². The highest BCUT2D eigenvalue weighted by Crippen LogP contribution is 2.38. The predicted octanol–water partition coefficient (Wildman–Crippen LogP) is 6.09. The average molecular weight is 425 g/mol. The third kappa shape index (κ3) is 4.09. The van der Waals surface area contributed by atoms with Gasteiger partial charge >= 0.3 is 0 Å². The number of amides is 1. The molecule has 4 nitrogen and oxygen atoms in total. The topological polar surface area (TPSA) is 41.6 Å². The van der Waals surface area contributed by atoms with Crippen LogP contribution in [0, 0.1) is 0 Å². The molecule has 1 atom stereocenters. The number of anilines is 2. The maximum Gasteiger partial charge on any atom is 0.275 e. The molecule has 0 radical (unpaired) electrons. The summed E-state index contributed by atoms with van der Waals surface area (Å²) in [6.45, 7) is 0. The average Bonchev–Trinajstić information content (AvgIpc) is 3.04. The van der Waals surface area contributed by atoms with Crippen molar-refractivity contribution >= 4 is 40.5 Å². The lowest BCUT2D eigenvalue weighted by Crippen LogP contribution is -2.30. The Morgan fingerprint density at radius 1 is 0.931 bits per heavy atom. The van der Waals surface area contributed by atoms with E-state index in [1.54, 1.807) is 36.3 Å². The number of halogens is 2. The Morgan fingerprint density at radius 2 is 1.66 bits per heavy atom. The molecule has 1 aliphatic rings. The van der Waals surface area contributed by atoms with Crippen LogP contribution in [0.2, 0.25) is 10.0 Å². The van der Waals surface area contributed by atoms with E-state index in [-0.39, 0.29) is 11.9 Å². The first kappa shape index (κ1) is 19.4. The van der Waals surface area contributed by atoms with Gasteiger partial charge in [-0.1, -0.05) is 47.5 Å². The molecule has 1 aliphatic heterocycles. The smallest absolute Gasteiger partial charge is 0.275 e. The highest BCUT2D eigenvalue weighted by molar-refractivity contribution is 6.31. The number of hydrogen-bond donors (Lipinski definition) is 1. The second-order valence-corrected chi connectivity index (χ2v) is 7.47. The van der Waals surface area contributed by atoms with Crippen LogP contribution in [0.4, 0.5) is 11.4 Å². The molecule has 0 spiro atoms. The maximum absolute atomic E-state index is 13.3. The van der Waals surface area contributed by atoms with Gasteiger partial charge in [-0.3, -0.25) is 9.69 Å². The predicted molar refractivity (Wildman–Crippen MR) is 118 cm³/mol. The number of hydrogen-bond acceptors (Lipinski definition) is 3. The number of carbonyl (C=O) groups excluding carboxylic acids is 1. The lowest BCUT2D eigenvalue weighted by molar-refractivity contribution is -0.114. The summed E-state index contributed by atoms with van der Waals surface area (Å²) in [6.07, 6.45) is 1.90. The Kier molecular flexibility index (Phi) is 5.47. The van der Waals surface area contributed by atoms with Gasteiger partial charge < -0.3 is 10.1 Å². The van der Waals surface area contributed by atoms with Crippen molar-refractivity contribution < 1.29 is 9.53 Å². The van der Waals surface area contributed by atoms with Gasteiger partial charge in [0.05, 0.1) is 13.2 Å². The lowest BCUT2D eigenvalue weighted by atomic mass is 10.1. The number of nitrogens with zero attached hydrogens (tertiary/aromatic N) is 1. The van der Waals surface area contributed by atoms with Crippen molar-refractivity contribution in [1.29, 1.82) is 0 Å². The molecule has 29 heavy (non-hydrogen) atoms. The highest BCUT2D eigenvalue weighted by Gasteiger charge is 2.35. The van der Waals surface area contributed by atoms with Crippen LogP contribution in [0.1, 0.15) is 11.6 Å². The van der Waals surface area contributed by atoms with Gasteiger partial charge in [-0.15, -0.1) is 0 Å². The molecule has 0 aromatic heterocycles. The second kappa shape index (κ2) is 8.19. The third-order valence-corrected chi connectivity index (χ3v) is 5.15. The molecule has 0 unspecified atom stereocenters. The van der Waals surface area contributed by atoms with Gasteiger partial charge in [0.1, 0.15) is 11.4 Å². The fraction of sp³-hybridized carbons (Fsp3) is 0.0870. The van der Waals surface area contributed by atoms with Gasteiger partial charge in [0.15, 0.2) is 0 Å². The summed E-state index contributed by atoms with van der Waals surface area (Å²) in [5.74, 6) is 0.575. The first-order valence-corrected chi connectivity index (χ1v) is 9.78. The van der Waals surface area contributed by atoms with Crippen LogP contribution in [-0.2, 0) is 4.79 Å². The summed E-state index contributed by atoms with van der Waals surface area (Å²) < 4.78 is 5.36. The normalized spacial score (nSPS) is 16.0. The van der Waals surface area contributed by atoms with Crippen molar-refractivity contribution in [1.82, 2.24) is 0 Å². The third-order valence-electron chi connectivity index (χ3n) is 4.68. The van der Waals surface area contributed by atoms with E-state index in [1.807, 2.05) is 54.6 Å². The molecule has 6 heteroatoms. The van der Waals surface area contributed by atoms with Crippen molar-refractivity contribution in [2.75, 3.05) is 17.3 Å². The minimum Gasteiger partial charge on any atom is -0.497 e. The molecule has 1 amide bonds. The fourth-order valence-electron chi connectivity index (χ4n) is 3.35. The van der Waals surface area contributed by atoms with Crippen LogP contribution in [0.15, 0.2) is 84.6 Å². The number of methoxy groups -OCH3 is 1. The van der Waals surface area contributed by atoms with Crippen LogP contribution in [0.25, 0.3) is 0 Å². The van der Waals surface area contributed by atoms with E-state index in [0.29, 0.717) is 15.7 Å². The van der Waals surface area contributed by atoms with Crippen LogP contribution in [-0.4, -0.2) is 13.0 Å². The van der Waals surface area contributed by atoms with Gasteiger partial charge in [-0.05, 0) is 60.2 Å².